The molecule has 0 radical (unpaired) electrons. The van der Waals surface area contributed by atoms with Crippen molar-refractivity contribution in [2.75, 3.05) is 13.2 Å². The van der Waals surface area contributed by atoms with Crippen molar-refractivity contribution in [2.45, 2.75) is 46.3 Å². The van der Waals surface area contributed by atoms with E-state index in [2.05, 4.69) is 0 Å². The fourth-order valence-corrected chi connectivity index (χ4v) is 4.17. The van der Waals surface area contributed by atoms with Gasteiger partial charge in [0, 0.05) is 30.2 Å². The maximum Gasteiger partial charge on any atom is 0.227 e. The molecule has 0 spiro atoms. The molecule has 1 saturated heterocycles. The first-order chi connectivity index (χ1) is 16.3. The predicted octanol–water partition coefficient (Wildman–Crippen LogP) is 5.93. The average Bonchev–Trinajstić information content (AvgIpc) is 3.42. The summed E-state index contributed by atoms with van der Waals surface area (Å²) in [7, 11) is 0. The number of rotatable bonds is 8. The summed E-state index contributed by atoms with van der Waals surface area (Å²) >= 11 is 6.08. The quantitative estimate of drug-likeness (QED) is 0.397. The molecule has 1 amide bonds. The molecule has 34 heavy (non-hydrogen) atoms. The van der Waals surface area contributed by atoms with E-state index in [1.807, 2.05) is 37.8 Å². The number of hydrogen-bond acceptors (Lipinski definition) is 4. The molecule has 0 N–H and O–H groups in total. The number of amides is 1. The van der Waals surface area contributed by atoms with Crippen LogP contribution in [0.5, 0.6) is 11.6 Å². The molecule has 0 unspecified atom stereocenters. The number of ether oxygens (including phenoxy) is 2. The second-order valence-corrected chi connectivity index (χ2v) is 9.26. The van der Waals surface area contributed by atoms with Gasteiger partial charge in [-0.05, 0) is 56.2 Å². The van der Waals surface area contributed by atoms with Crippen LogP contribution in [0.25, 0.3) is 5.69 Å². The van der Waals surface area contributed by atoms with Crippen LogP contribution in [0.4, 0.5) is 4.39 Å². The summed E-state index contributed by atoms with van der Waals surface area (Å²) < 4.78 is 27.6. The lowest BCUT2D eigenvalue weighted by molar-refractivity contribution is -0.136. The van der Waals surface area contributed by atoms with E-state index in [1.165, 1.54) is 12.1 Å². The third-order valence-electron chi connectivity index (χ3n) is 5.82. The van der Waals surface area contributed by atoms with Gasteiger partial charge in [-0.25, -0.2) is 9.07 Å². The van der Waals surface area contributed by atoms with Crippen molar-refractivity contribution in [3.8, 4) is 17.3 Å². The van der Waals surface area contributed by atoms with Gasteiger partial charge in [-0.2, -0.15) is 5.10 Å². The summed E-state index contributed by atoms with van der Waals surface area (Å²) in [6.45, 7) is 7.18. The molecule has 0 bridgehead atoms. The zero-order valence-corrected chi connectivity index (χ0v) is 20.4. The molecule has 1 aliphatic rings. The first kappa shape index (κ1) is 24.2. The number of benzene rings is 2. The maximum absolute atomic E-state index is 13.9. The Hall–Kier alpha value is -2.90. The summed E-state index contributed by atoms with van der Waals surface area (Å²) in [4.78, 5) is 14.9. The van der Waals surface area contributed by atoms with Crippen LogP contribution in [-0.4, -0.2) is 39.8 Å². The van der Waals surface area contributed by atoms with Gasteiger partial charge in [0.25, 0.3) is 0 Å². The molecule has 3 aromatic rings. The normalized spacial score (nSPS) is 15.6. The summed E-state index contributed by atoms with van der Waals surface area (Å²) in [5.41, 5.74) is 2.22. The van der Waals surface area contributed by atoms with Gasteiger partial charge in [0.1, 0.15) is 11.6 Å². The molecule has 2 aromatic carbocycles. The Morgan fingerprint density at radius 1 is 1.29 bits per heavy atom. The third-order valence-corrected chi connectivity index (χ3v) is 6.07. The van der Waals surface area contributed by atoms with Crippen molar-refractivity contribution in [3.63, 3.8) is 0 Å². The number of hydrogen-bond donors (Lipinski definition) is 0. The molecular weight excluding hydrogens is 457 g/mol. The van der Waals surface area contributed by atoms with E-state index in [9.17, 15) is 9.18 Å². The summed E-state index contributed by atoms with van der Waals surface area (Å²) in [6.07, 6.45) is 1.94. The Bertz CT molecular complexity index is 1140. The van der Waals surface area contributed by atoms with Crippen LogP contribution in [0, 0.1) is 18.7 Å². The van der Waals surface area contributed by atoms with Gasteiger partial charge in [-0.3, -0.25) is 4.79 Å². The Morgan fingerprint density at radius 2 is 2.06 bits per heavy atom. The van der Waals surface area contributed by atoms with E-state index in [0.717, 1.165) is 36.4 Å². The largest absolute Gasteiger partial charge is 0.438 e. The van der Waals surface area contributed by atoms with Crippen LogP contribution < -0.4 is 4.74 Å². The Labute approximate surface area is 204 Å². The highest BCUT2D eigenvalue weighted by Crippen LogP contribution is 2.33. The molecule has 1 aromatic heterocycles. The zero-order valence-electron chi connectivity index (χ0n) is 19.6. The average molecular weight is 486 g/mol. The number of carbonyl (C=O) groups excluding carboxylic acids is 1. The smallest absolute Gasteiger partial charge is 0.227 e. The van der Waals surface area contributed by atoms with E-state index in [-0.39, 0.29) is 17.9 Å². The fourth-order valence-electron chi connectivity index (χ4n) is 4.05. The van der Waals surface area contributed by atoms with Crippen LogP contribution in [0.2, 0.25) is 5.02 Å². The number of aryl methyl sites for hydroxylation is 1. The first-order valence-corrected chi connectivity index (χ1v) is 11.9. The highest BCUT2D eigenvalue weighted by Gasteiger charge is 2.28. The molecule has 2 heterocycles. The molecule has 4 rings (SSSR count). The fraction of sp³-hybridized carbons (Fsp3) is 0.385. The second-order valence-electron chi connectivity index (χ2n) is 8.83. The molecule has 8 heteroatoms. The molecule has 1 fully saturated rings. The van der Waals surface area contributed by atoms with Gasteiger partial charge in [0.05, 0.1) is 29.6 Å². The lowest BCUT2D eigenvalue weighted by Gasteiger charge is -2.27. The van der Waals surface area contributed by atoms with E-state index >= 15 is 0 Å². The van der Waals surface area contributed by atoms with Gasteiger partial charge in [0.2, 0.25) is 11.8 Å². The minimum atomic E-state index is -0.400. The van der Waals surface area contributed by atoms with E-state index in [4.69, 9.17) is 26.2 Å². The van der Waals surface area contributed by atoms with Gasteiger partial charge in [-0.1, -0.05) is 31.5 Å². The van der Waals surface area contributed by atoms with Gasteiger partial charge < -0.3 is 14.4 Å². The zero-order chi connectivity index (χ0) is 24.2. The predicted molar refractivity (Wildman–Crippen MR) is 129 cm³/mol. The molecular formula is C26H29ClFN3O3. The molecule has 180 valence electrons. The topological polar surface area (TPSA) is 56.6 Å². The van der Waals surface area contributed by atoms with Crippen molar-refractivity contribution in [1.29, 1.82) is 0 Å². The van der Waals surface area contributed by atoms with Crippen LogP contribution in [0.1, 0.15) is 37.9 Å². The van der Waals surface area contributed by atoms with Crippen molar-refractivity contribution in [1.82, 2.24) is 14.7 Å². The lowest BCUT2D eigenvalue weighted by Crippen LogP contribution is -2.39. The van der Waals surface area contributed by atoms with E-state index in [0.29, 0.717) is 29.7 Å². The first-order valence-electron chi connectivity index (χ1n) is 11.5. The standard InChI is InChI=1S/C26H29ClFN3O3/c1-17(2)25(32)30(15-23-8-5-13-33-23)16-24-18(3)29-31(21-11-9-19(27)10-12-21)26(24)34-22-7-4-6-20(28)14-22/h4,6-7,9-12,14,17,23H,5,8,13,15-16H2,1-3H3/t23-/m0/s1. The summed E-state index contributed by atoms with van der Waals surface area (Å²) in [5.74, 6) is 0.242. The third kappa shape index (κ3) is 5.59. The Kier molecular flexibility index (Phi) is 7.54. The molecule has 6 nitrogen and oxygen atoms in total. The molecule has 0 saturated carbocycles. The van der Waals surface area contributed by atoms with Crippen molar-refractivity contribution in [2.24, 2.45) is 5.92 Å². The second kappa shape index (κ2) is 10.6. The lowest BCUT2D eigenvalue weighted by atomic mass is 10.1. The minimum Gasteiger partial charge on any atom is -0.438 e. The van der Waals surface area contributed by atoms with E-state index < -0.39 is 5.82 Å². The van der Waals surface area contributed by atoms with Crippen molar-refractivity contribution < 1.29 is 18.7 Å². The SMILES string of the molecule is Cc1nn(-c2ccc(Cl)cc2)c(Oc2cccc(F)c2)c1CN(C[C@@H]1CCCO1)C(=O)C(C)C. The van der Waals surface area contributed by atoms with Crippen LogP contribution in [0.15, 0.2) is 48.5 Å². The Morgan fingerprint density at radius 3 is 2.71 bits per heavy atom. The number of halogens is 2. The maximum atomic E-state index is 13.9. The van der Waals surface area contributed by atoms with Crippen LogP contribution >= 0.6 is 11.6 Å². The summed E-state index contributed by atoms with van der Waals surface area (Å²) in [6, 6.07) is 13.2. The molecule has 1 aliphatic heterocycles. The number of carbonyl (C=O) groups is 1. The van der Waals surface area contributed by atoms with Crippen molar-refractivity contribution in [3.05, 3.63) is 70.6 Å². The van der Waals surface area contributed by atoms with Crippen LogP contribution in [0.3, 0.4) is 0 Å². The van der Waals surface area contributed by atoms with Gasteiger partial charge in [0.15, 0.2) is 0 Å². The number of aromatic nitrogens is 2. The van der Waals surface area contributed by atoms with E-state index in [1.54, 1.807) is 28.9 Å². The monoisotopic (exact) mass is 485 g/mol. The minimum absolute atomic E-state index is 0.0157. The van der Waals surface area contributed by atoms with Gasteiger partial charge >= 0.3 is 0 Å². The van der Waals surface area contributed by atoms with Gasteiger partial charge in [-0.15, -0.1) is 0 Å². The van der Waals surface area contributed by atoms with Crippen molar-refractivity contribution >= 4 is 17.5 Å². The highest BCUT2D eigenvalue weighted by molar-refractivity contribution is 6.30. The Balaban J connectivity index is 1.74. The number of nitrogens with zero attached hydrogens (tertiary/aromatic N) is 3. The molecule has 0 aliphatic carbocycles. The van der Waals surface area contributed by atoms with Crippen LogP contribution in [-0.2, 0) is 16.1 Å². The molecule has 1 atom stereocenters. The highest BCUT2D eigenvalue weighted by atomic mass is 35.5. The summed E-state index contributed by atoms with van der Waals surface area (Å²) in [5, 5.41) is 5.31.